The van der Waals surface area contributed by atoms with Crippen molar-refractivity contribution in [3.05, 3.63) is 47.8 Å². The summed E-state index contributed by atoms with van der Waals surface area (Å²) in [5.74, 6) is 2.23. The first-order valence-electron chi connectivity index (χ1n) is 11.1. The van der Waals surface area contributed by atoms with Crippen LogP contribution in [0.1, 0.15) is 64.4 Å². The Morgan fingerprint density at radius 2 is 1.86 bits per heavy atom. The zero-order valence-corrected chi connectivity index (χ0v) is 17.1. The minimum Gasteiger partial charge on any atom is -0.427 e. The summed E-state index contributed by atoms with van der Waals surface area (Å²) in [6.45, 7) is 4.98. The Morgan fingerprint density at radius 1 is 1.04 bits per heavy atom. The summed E-state index contributed by atoms with van der Waals surface area (Å²) in [6, 6.07) is 4.28. The summed E-state index contributed by atoms with van der Waals surface area (Å²) < 4.78 is 0. The number of nitrogens with zero attached hydrogens (tertiary/aromatic N) is 1. The molecular weight excluding hydrogens is 345 g/mol. The van der Waals surface area contributed by atoms with E-state index in [-0.39, 0.29) is 16.6 Å². The van der Waals surface area contributed by atoms with Crippen LogP contribution in [0.4, 0.5) is 0 Å². The first-order valence-corrected chi connectivity index (χ1v) is 11.1. The first-order chi connectivity index (χ1) is 13.4. The maximum Gasteiger partial charge on any atom is 0.455 e. The molecule has 0 spiro atoms. The lowest BCUT2D eigenvalue weighted by Crippen LogP contribution is -2.49. The molecule has 0 radical (unpaired) electrons. The van der Waals surface area contributed by atoms with Gasteiger partial charge in [-0.1, -0.05) is 44.1 Å². The summed E-state index contributed by atoms with van der Waals surface area (Å²) in [7, 11) is -1.17. The van der Waals surface area contributed by atoms with Crippen molar-refractivity contribution in [2.24, 2.45) is 28.6 Å². The summed E-state index contributed by atoms with van der Waals surface area (Å²) in [5.41, 5.74) is 4.87. The van der Waals surface area contributed by atoms with Gasteiger partial charge in [-0.2, -0.15) is 0 Å². The van der Waals surface area contributed by atoms with Crippen LogP contribution in [0.5, 0.6) is 0 Å². The topological polar surface area (TPSA) is 53.4 Å². The summed E-state index contributed by atoms with van der Waals surface area (Å²) in [5, 5.41) is 19.4. The molecule has 4 heteroatoms. The second-order valence-electron chi connectivity index (χ2n) is 10.2. The van der Waals surface area contributed by atoms with Crippen molar-refractivity contribution in [3.8, 4) is 0 Å². The lowest BCUT2D eigenvalue weighted by atomic mass is 9.45. The standard InChI is InChI=1S/C24H32BNO2/c1-23-11-9-18(25(27)28)14-17(23)5-6-19-21-8-7-20(16-4-3-13-26-15-16)24(21,2)12-10-22(19)23/h3-5,7,13,15,18-19,21-22,27-28H,6,8-12,14H2,1-2H3/t18-,19-,21-,22-,23-,24+/m0/s1. The Labute approximate surface area is 169 Å². The van der Waals surface area contributed by atoms with Crippen molar-refractivity contribution in [2.75, 3.05) is 0 Å². The normalized spacial score (nSPS) is 42.0. The molecule has 4 aliphatic carbocycles. The third-order valence-corrected chi connectivity index (χ3v) is 9.12. The second kappa shape index (κ2) is 6.57. The molecule has 0 bridgehead atoms. The fraction of sp³-hybridized carbons (Fsp3) is 0.625. The molecule has 1 heterocycles. The lowest BCUT2D eigenvalue weighted by Gasteiger charge is -2.58. The van der Waals surface area contributed by atoms with Gasteiger partial charge < -0.3 is 10.0 Å². The first kappa shape index (κ1) is 18.6. The molecule has 2 fully saturated rings. The molecule has 0 unspecified atom stereocenters. The Kier molecular flexibility index (Phi) is 4.37. The smallest absolute Gasteiger partial charge is 0.427 e. The molecule has 1 aromatic rings. The zero-order valence-electron chi connectivity index (χ0n) is 17.1. The fourth-order valence-corrected chi connectivity index (χ4v) is 7.48. The van der Waals surface area contributed by atoms with Crippen LogP contribution in [0, 0.1) is 28.6 Å². The van der Waals surface area contributed by atoms with Gasteiger partial charge in [-0.15, -0.1) is 0 Å². The van der Waals surface area contributed by atoms with Crippen LogP contribution in [0.15, 0.2) is 42.3 Å². The summed E-state index contributed by atoms with van der Waals surface area (Å²) in [4.78, 5) is 4.37. The monoisotopic (exact) mass is 377 g/mol. The number of aromatic nitrogens is 1. The van der Waals surface area contributed by atoms with E-state index in [0.717, 1.165) is 43.4 Å². The van der Waals surface area contributed by atoms with Gasteiger partial charge in [0.25, 0.3) is 0 Å². The van der Waals surface area contributed by atoms with Crippen molar-refractivity contribution in [3.63, 3.8) is 0 Å². The van der Waals surface area contributed by atoms with E-state index < -0.39 is 7.12 Å². The summed E-state index contributed by atoms with van der Waals surface area (Å²) in [6.07, 6.45) is 16.7. The number of hydrogen-bond acceptors (Lipinski definition) is 3. The SMILES string of the molecule is C[C@]12CC[C@H](B(O)O)CC1=CC[C@@H]1[C@@H]2CC[C@]2(C)C(c3cccnc3)=CC[C@@H]12. The van der Waals surface area contributed by atoms with Crippen molar-refractivity contribution >= 4 is 12.7 Å². The van der Waals surface area contributed by atoms with Crippen molar-refractivity contribution in [1.82, 2.24) is 4.98 Å². The average Bonchev–Trinajstić information content (AvgIpc) is 3.05. The van der Waals surface area contributed by atoms with Crippen LogP contribution < -0.4 is 0 Å². The van der Waals surface area contributed by atoms with E-state index in [1.165, 1.54) is 36.0 Å². The van der Waals surface area contributed by atoms with E-state index in [1.54, 1.807) is 0 Å². The van der Waals surface area contributed by atoms with E-state index >= 15 is 0 Å². The predicted octanol–water partition coefficient (Wildman–Crippen LogP) is 4.88. The molecule has 0 saturated heterocycles. The molecular formula is C24H32BNO2. The van der Waals surface area contributed by atoms with Crippen LogP contribution in [0.2, 0.25) is 5.82 Å². The number of fused-ring (bicyclic) bond motifs is 5. The summed E-state index contributed by atoms with van der Waals surface area (Å²) >= 11 is 0. The van der Waals surface area contributed by atoms with E-state index in [2.05, 4.69) is 43.1 Å². The van der Waals surface area contributed by atoms with Crippen LogP contribution in [-0.2, 0) is 0 Å². The molecule has 4 aliphatic rings. The van der Waals surface area contributed by atoms with Gasteiger partial charge in [0.2, 0.25) is 0 Å². The van der Waals surface area contributed by atoms with Crippen LogP contribution >= 0.6 is 0 Å². The average molecular weight is 377 g/mol. The third-order valence-electron chi connectivity index (χ3n) is 9.12. The van der Waals surface area contributed by atoms with Gasteiger partial charge in [-0.25, -0.2) is 0 Å². The minimum atomic E-state index is -1.17. The number of hydrogen-bond donors (Lipinski definition) is 2. The van der Waals surface area contributed by atoms with Crippen LogP contribution in [0.3, 0.4) is 0 Å². The van der Waals surface area contributed by atoms with Crippen LogP contribution in [-0.4, -0.2) is 22.2 Å². The third kappa shape index (κ3) is 2.60. The Balaban J connectivity index is 1.44. The van der Waals surface area contributed by atoms with Gasteiger partial charge in [-0.05, 0) is 90.1 Å². The molecule has 2 N–H and O–H groups in total. The molecule has 3 nitrogen and oxygen atoms in total. The van der Waals surface area contributed by atoms with Gasteiger partial charge in [0, 0.05) is 12.4 Å². The number of pyridine rings is 1. The molecule has 6 atom stereocenters. The van der Waals surface area contributed by atoms with E-state index in [9.17, 15) is 10.0 Å². The highest BCUT2D eigenvalue weighted by molar-refractivity contribution is 6.43. The van der Waals surface area contributed by atoms with Gasteiger partial charge in [0.15, 0.2) is 0 Å². The van der Waals surface area contributed by atoms with Gasteiger partial charge in [-0.3, -0.25) is 4.98 Å². The minimum absolute atomic E-state index is 0.0232. The highest BCUT2D eigenvalue weighted by atomic mass is 16.4. The Hall–Kier alpha value is -1.39. The highest BCUT2D eigenvalue weighted by Gasteiger charge is 2.57. The molecule has 5 rings (SSSR count). The maximum absolute atomic E-state index is 9.69. The van der Waals surface area contributed by atoms with Gasteiger partial charge in [0.1, 0.15) is 0 Å². The van der Waals surface area contributed by atoms with Crippen LogP contribution in [0.25, 0.3) is 5.57 Å². The maximum atomic E-state index is 9.69. The van der Waals surface area contributed by atoms with Gasteiger partial charge >= 0.3 is 7.12 Å². The highest BCUT2D eigenvalue weighted by Crippen LogP contribution is 2.66. The fourth-order valence-electron chi connectivity index (χ4n) is 7.48. The predicted molar refractivity (Wildman–Crippen MR) is 113 cm³/mol. The second-order valence-corrected chi connectivity index (χ2v) is 10.2. The Bertz CT molecular complexity index is 819. The lowest BCUT2D eigenvalue weighted by molar-refractivity contribution is -0.0105. The molecule has 0 aromatic carbocycles. The largest absolute Gasteiger partial charge is 0.455 e. The molecule has 2 saturated carbocycles. The van der Waals surface area contributed by atoms with Crippen molar-refractivity contribution in [2.45, 2.75) is 64.6 Å². The number of allylic oxidation sites excluding steroid dienone is 4. The van der Waals surface area contributed by atoms with Crippen molar-refractivity contribution in [1.29, 1.82) is 0 Å². The van der Waals surface area contributed by atoms with Crippen molar-refractivity contribution < 1.29 is 10.0 Å². The molecule has 0 amide bonds. The molecule has 1 aromatic heterocycles. The van der Waals surface area contributed by atoms with E-state index in [4.69, 9.17) is 0 Å². The van der Waals surface area contributed by atoms with E-state index in [1.807, 2.05) is 12.4 Å². The van der Waals surface area contributed by atoms with Gasteiger partial charge in [0.05, 0.1) is 0 Å². The van der Waals surface area contributed by atoms with E-state index in [0.29, 0.717) is 0 Å². The Morgan fingerprint density at radius 3 is 2.61 bits per heavy atom. The molecule has 0 aliphatic heterocycles. The molecule has 148 valence electrons. The number of rotatable bonds is 2. The molecule has 28 heavy (non-hydrogen) atoms. The zero-order chi connectivity index (χ0) is 19.5. The quantitative estimate of drug-likeness (QED) is 0.571.